The number of amides is 3. The Labute approximate surface area is 272 Å². The van der Waals surface area contributed by atoms with Gasteiger partial charge in [0.05, 0.1) is 44.0 Å². The van der Waals surface area contributed by atoms with Gasteiger partial charge in [0, 0.05) is 49.1 Å². The fourth-order valence-corrected chi connectivity index (χ4v) is 5.71. The van der Waals surface area contributed by atoms with Gasteiger partial charge in [-0.2, -0.15) is 0 Å². The number of rotatable bonds is 3. The minimum atomic E-state index is -0.215. The van der Waals surface area contributed by atoms with Crippen LogP contribution in [0.3, 0.4) is 0 Å². The van der Waals surface area contributed by atoms with Gasteiger partial charge in [-0.25, -0.2) is 4.98 Å². The number of benzene rings is 2. The second-order valence-electron chi connectivity index (χ2n) is 11.5. The Morgan fingerprint density at radius 1 is 0.894 bits per heavy atom. The Bertz CT molecular complexity index is 1740. The van der Waals surface area contributed by atoms with Gasteiger partial charge < -0.3 is 33.7 Å². The van der Waals surface area contributed by atoms with Gasteiger partial charge >= 0.3 is 0 Å². The maximum Gasteiger partial charge on any atom is 0.274 e. The summed E-state index contributed by atoms with van der Waals surface area (Å²) in [5.41, 5.74) is 4.13. The van der Waals surface area contributed by atoms with Crippen LogP contribution < -0.4 is 19.5 Å². The number of nitrogens with zero attached hydrogens (tertiary/aromatic N) is 4. The fraction of sp³-hybridized carbons (Fsp3) is 0.343. The lowest BCUT2D eigenvalue weighted by molar-refractivity contribution is 0.0729. The number of nitrogens with one attached hydrogen (secondary N) is 1. The van der Waals surface area contributed by atoms with Crippen molar-refractivity contribution in [3.05, 3.63) is 89.4 Å². The van der Waals surface area contributed by atoms with Crippen molar-refractivity contribution in [2.75, 3.05) is 46.5 Å². The molecule has 2 aromatic carbocycles. The van der Waals surface area contributed by atoms with E-state index in [2.05, 4.69) is 15.3 Å². The standard InChI is InChI=1S/C35H37N5O7/c1-23-19-38-29(20-37-23)35(43)39-10-4-3-9-36-33(41)24-6-7-30(44-2)28(17-24)26-16-27-21-40(34(42)25-8-14-45-22-25)12-15-47-32(27)31(18-26)46-13-5-11-39/h6-8,14,16-20,22H,3-5,9-13,15,21H2,1-2H3,(H,36,41). The van der Waals surface area contributed by atoms with Crippen LogP contribution >= 0.6 is 0 Å². The van der Waals surface area contributed by atoms with Crippen molar-refractivity contribution < 1.29 is 33.0 Å². The number of carbonyl (C=O) groups is 3. The molecule has 2 aliphatic rings. The van der Waals surface area contributed by atoms with Crippen LogP contribution in [0.15, 0.2) is 65.7 Å². The Morgan fingerprint density at radius 2 is 1.77 bits per heavy atom. The lowest BCUT2D eigenvalue weighted by Crippen LogP contribution is -2.35. The summed E-state index contributed by atoms with van der Waals surface area (Å²) in [5.74, 6) is 1.03. The van der Waals surface area contributed by atoms with E-state index in [-0.39, 0.29) is 36.6 Å². The Hall–Kier alpha value is -5.39. The van der Waals surface area contributed by atoms with Crippen LogP contribution in [0.25, 0.3) is 11.1 Å². The normalized spacial score (nSPS) is 15.7. The molecule has 0 saturated carbocycles. The molecule has 0 atom stereocenters. The third kappa shape index (κ3) is 7.21. The Morgan fingerprint density at radius 3 is 2.55 bits per heavy atom. The van der Waals surface area contributed by atoms with E-state index in [1.54, 1.807) is 47.4 Å². The molecule has 1 N–H and O–H groups in total. The number of fused-ring (bicyclic) bond motifs is 7. The van der Waals surface area contributed by atoms with Crippen molar-refractivity contribution in [3.63, 3.8) is 0 Å². The van der Waals surface area contributed by atoms with Gasteiger partial charge in [-0.15, -0.1) is 0 Å². The summed E-state index contributed by atoms with van der Waals surface area (Å²) in [6.07, 6.45) is 7.90. The molecule has 2 aliphatic heterocycles. The van der Waals surface area contributed by atoms with E-state index in [4.69, 9.17) is 18.6 Å². The van der Waals surface area contributed by atoms with Crippen LogP contribution in [0.4, 0.5) is 0 Å². The van der Waals surface area contributed by atoms with Crippen LogP contribution in [0.1, 0.15) is 61.7 Å². The predicted molar refractivity (Wildman–Crippen MR) is 172 cm³/mol. The predicted octanol–water partition coefficient (Wildman–Crippen LogP) is 4.52. The van der Waals surface area contributed by atoms with E-state index in [9.17, 15) is 14.4 Å². The van der Waals surface area contributed by atoms with Gasteiger partial charge in [-0.3, -0.25) is 19.4 Å². The van der Waals surface area contributed by atoms with Crippen LogP contribution in [-0.2, 0) is 6.54 Å². The average molecular weight is 640 g/mol. The molecule has 4 aromatic rings. The molecule has 3 amide bonds. The first kappa shape index (κ1) is 31.6. The summed E-state index contributed by atoms with van der Waals surface area (Å²) in [6.45, 7) is 4.41. The second kappa shape index (κ2) is 14.4. The zero-order chi connectivity index (χ0) is 32.8. The van der Waals surface area contributed by atoms with Crippen molar-refractivity contribution in [1.82, 2.24) is 25.1 Å². The summed E-state index contributed by atoms with van der Waals surface area (Å²) in [5, 5.41) is 3.00. The molecule has 0 fully saturated rings. The molecule has 6 rings (SSSR count). The van der Waals surface area contributed by atoms with E-state index >= 15 is 0 Å². The summed E-state index contributed by atoms with van der Waals surface area (Å²) in [4.78, 5) is 51.9. The molecule has 12 nitrogen and oxygen atoms in total. The molecule has 0 unspecified atom stereocenters. The third-order valence-corrected chi connectivity index (χ3v) is 8.19. The number of methoxy groups -OCH3 is 1. The zero-order valence-corrected chi connectivity index (χ0v) is 26.5. The highest BCUT2D eigenvalue weighted by atomic mass is 16.5. The number of ether oxygens (including phenoxy) is 3. The first-order valence-corrected chi connectivity index (χ1v) is 15.7. The first-order chi connectivity index (χ1) is 22.9. The number of aromatic nitrogens is 2. The molecule has 0 spiro atoms. The average Bonchev–Trinajstić information content (AvgIpc) is 3.54. The molecule has 2 aromatic heterocycles. The van der Waals surface area contributed by atoms with Gasteiger partial charge in [0.15, 0.2) is 11.5 Å². The highest BCUT2D eigenvalue weighted by Gasteiger charge is 2.26. The zero-order valence-electron chi connectivity index (χ0n) is 26.5. The van der Waals surface area contributed by atoms with Crippen LogP contribution in [0.5, 0.6) is 17.2 Å². The molecule has 0 aliphatic carbocycles. The SMILES string of the molecule is COc1ccc2cc1-c1cc3c(c(c1)OCCCN(C(=O)c1cnc(C)cn1)CCCCNC2=O)OCCN(C(=O)c1ccoc1)C3. The molecular weight excluding hydrogens is 602 g/mol. The lowest BCUT2D eigenvalue weighted by atomic mass is 9.98. The lowest BCUT2D eigenvalue weighted by Gasteiger charge is -2.23. The number of furan rings is 1. The molecular formula is C35H37N5O7. The first-order valence-electron chi connectivity index (χ1n) is 15.7. The Balaban J connectivity index is 1.34. The van der Waals surface area contributed by atoms with Crippen LogP contribution in [0, 0.1) is 6.92 Å². The largest absolute Gasteiger partial charge is 0.496 e. The molecule has 244 valence electrons. The molecule has 4 heterocycles. The third-order valence-electron chi connectivity index (χ3n) is 8.19. The highest BCUT2D eigenvalue weighted by Crippen LogP contribution is 2.41. The van der Waals surface area contributed by atoms with Crippen LogP contribution in [-0.4, -0.2) is 84.0 Å². The molecule has 0 saturated heterocycles. The highest BCUT2D eigenvalue weighted by molar-refractivity contribution is 5.96. The van der Waals surface area contributed by atoms with Gasteiger partial charge in [0.25, 0.3) is 17.7 Å². The second-order valence-corrected chi connectivity index (χ2v) is 11.5. The maximum absolute atomic E-state index is 13.4. The van der Waals surface area contributed by atoms with Gasteiger partial charge in [0.2, 0.25) is 0 Å². The Kier molecular flexibility index (Phi) is 9.65. The minimum absolute atomic E-state index is 0.173. The maximum atomic E-state index is 13.4. The topological polar surface area (TPSA) is 136 Å². The number of hydrogen-bond donors (Lipinski definition) is 1. The van der Waals surface area contributed by atoms with Crippen molar-refractivity contribution in [2.45, 2.75) is 32.7 Å². The van der Waals surface area contributed by atoms with Gasteiger partial charge in [-0.1, -0.05) is 0 Å². The van der Waals surface area contributed by atoms with E-state index in [1.807, 2.05) is 19.1 Å². The summed E-state index contributed by atoms with van der Waals surface area (Å²) in [7, 11) is 1.58. The number of aryl methyl sites for hydroxylation is 1. The van der Waals surface area contributed by atoms with E-state index < -0.39 is 0 Å². The molecule has 12 heteroatoms. The van der Waals surface area contributed by atoms with E-state index in [0.29, 0.717) is 86.0 Å². The van der Waals surface area contributed by atoms with E-state index in [0.717, 1.165) is 16.8 Å². The van der Waals surface area contributed by atoms with Crippen molar-refractivity contribution >= 4 is 17.7 Å². The number of carbonyl (C=O) groups excluding carboxylic acids is 3. The fourth-order valence-electron chi connectivity index (χ4n) is 5.71. The van der Waals surface area contributed by atoms with Crippen molar-refractivity contribution in [3.8, 4) is 28.4 Å². The summed E-state index contributed by atoms with van der Waals surface area (Å²) >= 11 is 0. The minimum Gasteiger partial charge on any atom is -0.496 e. The van der Waals surface area contributed by atoms with Gasteiger partial charge in [0.1, 0.15) is 24.3 Å². The monoisotopic (exact) mass is 639 g/mol. The summed E-state index contributed by atoms with van der Waals surface area (Å²) < 4.78 is 23.5. The number of hydrogen-bond acceptors (Lipinski definition) is 9. The summed E-state index contributed by atoms with van der Waals surface area (Å²) in [6, 6.07) is 10.7. The van der Waals surface area contributed by atoms with Gasteiger partial charge in [-0.05, 0) is 68.1 Å². The van der Waals surface area contributed by atoms with E-state index in [1.165, 1.54) is 18.7 Å². The van der Waals surface area contributed by atoms with Crippen molar-refractivity contribution in [1.29, 1.82) is 0 Å². The molecule has 0 radical (unpaired) electrons. The van der Waals surface area contributed by atoms with Crippen LogP contribution in [0.2, 0.25) is 0 Å². The quantitative estimate of drug-likeness (QED) is 0.343. The van der Waals surface area contributed by atoms with Crippen molar-refractivity contribution in [2.24, 2.45) is 0 Å². The molecule has 4 bridgehead atoms. The smallest absolute Gasteiger partial charge is 0.274 e. The molecule has 47 heavy (non-hydrogen) atoms.